The van der Waals surface area contributed by atoms with E-state index in [-0.39, 0.29) is 18.6 Å². The van der Waals surface area contributed by atoms with E-state index in [9.17, 15) is 9.90 Å². The maximum Gasteiger partial charge on any atom is 0.246 e. The summed E-state index contributed by atoms with van der Waals surface area (Å²) in [6.07, 6.45) is -0.713. The van der Waals surface area contributed by atoms with Gasteiger partial charge in [0.15, 0.2) is 0 Å². The van der Waals surface area contributed by atoms with Gasteiger partial charge in [-0.25, -0.2) is 0 Å². The standard InChI is InChI=1S/C11H13NO3/c13-10-7-15-6-9(12-10)11(14)8-4-2-1-3-5-8/h1-5,9,11,14H,6-7H2,(H,12,13)/t9-,11+/m1/s1. The zero-order chi connectivity index (χ0) is 10.7. The lowest BCUT2D eigenvalue weighted by atomic mass is 10.0. The first-order valence-electron chi connectivity index (χ1n) is 4.87. The number of rotatable bonds is 2. The van der Waals surface area contributed by atoms with Gasteiger partial charge < -0.3 is 15.2 Å². The Balaban J connectivity index is 2.07. The van der Waals surface area contributed by atoms with E-state index in [1.54, 1.807) is 0 Å². The molecule has 0 aliphatic carbocycles. The first-order chi connectivity index (χ1) is 7.27. The van der Waals surface area contributed by atoms with E-state index in [2.05, 4.69) is 5.32 Å². The third-order valence-corrected chi connectivity index (χ3v) is 2.40. The summed E-state index contributed by atoms with van der Waals surface area (Å²) >= 11 is 0. The van der Waals surface area contributed by atoms with Crippen molar-refractivity contribution < 1.29 is 14.6 Å². The number of carbonyl (C=O) groups excluding carboxylic acids is 1. The van der Waals surface area contributed by atoms with Crippen molar-refractivity contribution in [3.63, 3.8) is 0 Å². The van der Waals surface area contributed by atoms with Gasteiger partial charge in [-0.1, -0.05) is 30.3 Å². The predicted molar refractivity (Wildman–Crippen MR) is 54.2 cm³/mol. The molecule has 80 valence electrons. The summed E-state index contributed by atoms with van der Waals surface area (Å²) in [7, 11) is 0. The van der Waals surface area contributed by atoms with Gasteiger partial charge in [0.2, 0.25) is 5.91 Å². The maximum atomic E-state index is 11.1. The third kappa shape index (κ3) is 2.34. The van der Waals surface area contributed by atoms with Crippen LogP contribution in [0.5, 0.6) is 0 Å². The van der Waals surface area contributed by atoms with Crippen LogP contribution < -0.4 is 5.32 Å². The molecular formula is C11H13NO3. The van der Waals surface area contributed by atoms with Crippen LogP contribution in [0.1, 0.15) is 11.7 Å². The van der Waals surface area contributed by atoms with Gasteiger partial charge in [0.1, 0.15) is 12.7 Å². The van der Waals surface area contributed by atoms with Crippen LogP contribution in [-0.4, -0.2) is 30.3 Å². The van der Waals surface area contributed by atoms with Gasteiger partial charge in [-0.3, -0.25) is 4.79 Å². The van der Waals surface area contributed by atoms with Gasteiger partial charge in [0, 0.05) is 0 Å². The largest absolute Gasteiger partial charge is 0.386 e. The molecule has 4 nitrogen and oxygen atoms in total. The van der Waals surface area contributed by atoms with Gasteiger partial charge in [-0.05, 0) is 5.56 Å². The Labute approximate surface area is 87.9 Å². The molecule has 1 heterocycles. The topological polar surface area (TPSA) is 58.6 Å². The van der Waals surface area contributed by atoms with E-state index in [1.807, 2.05) is 30.3 Å². The number of hydrogen-bond donors (Lipinski definition) is 2. The summed E-state index contributed by atoms with van der Waals surface area (Å²) in [6, 6.07) is 8.88. The highest BCUT2D eigenvalue weighted by molar-refractivity contribution is 5.78. The minimum atomic E-state index is -0.713. The van der Waals surface area contributed by atoms with Crippen LogP contribution in [0, 0.1) is 0 Å². The summed E-state index contributed by atoms with van der Waals surface area (Å²) in [5.74, 6) is -0.179. The minimum absolute atomic E-state index is 0.0814. The van der Waals surface area contributed by atoms with Gasteiger partial charge in [-0.15, -0.1) is 0 Å². The number of benzene rings is 1. The zero-order valence-electron chi connectivity index (χ0n) is 8.22. The Bertz CT molecular complexity index is 339. The molecule has 0 aromatic heterocycles. The van der Waals surface area contributed by atoms with E-state index in [0.717, 1.165) is 5.56 Å². The third-order valence-electron chi connectivity index (χ3n) is 2.40. The first-order valence-corrected chi connectivity index (χ1v) is 4.87. The van der Waals surface area contributed by atoms with Crippen molar-refractivity contribution in [3.05, 3.63) is 35.9 Å². The van der Waals surface area contributed by atoms with Gasteiger partial charge in [0.05, 0.1) is 12.6 Å². The Morgan fingerprint density at radius 2 is 2.13 bits per heavy atom. The molecule has 0 spiro atoms. The van der Waals surface area contributed by atoms with Gasteiger partial charge >= 0.3 is 0 Å². The Hall–Kier alpha value is -1.39. The normalized spacial score (nSPS) is 23.3. The van der Waals surface area contributed by atoms with Crippen LogP contribution in [0.2, 0.25) is 0 Å². The summed E-state index contributed by atoms with van der Waals surface area (Å²) in [5, 5.41) is 12.7. The molecule has 1 aromatic carbocycles. The van der Waals surface area contributed by atoms with Crippen molar-refractivity contribution in [1.82, 2.24) is 5.32 Å². The van der Waals surface area contributed by atoms with Gasteiger partial charge in [-0.2, -0.15) is 0 Å². The van der Waals surface area contributed by atoms with E-state index in [0.29, 0.717) is 6.61 Å². The molecule has 0 unspecified atom stereocenters. The van der Waals surface area contributed by atoms with E-state index in [4.69, 9.17) is 4.74 Å². The second-order valence-corrected chi connectivity index (χ2v) is 3.54. The quantitative estimate of drug-likeness (QED) is 0.730. The van der Waals surface area contributed by atoms with E-state index >= 15 is 0 Å². The lowest BCUT2D eigenvalue weighted by Gasteiger charge is -2.27. The second kappa shape index (κ2) is 4.42. The summed E-state index contributed by atoms with van der Waals surface area (Å²) in [6.45, 7) is 0.430. The second-order valence-electron chi connectivity index (χ2n) is 3.54. The van der Waals surface area contributed by atoms with Crippen LogP contribution in [0.4, 0.5) is 0 Å². The highest BCUT2D eigenvalue weighted by Crippen LogP contribution is 2.17. The minimum Gasteiger partial charge on any atom is -0.386 e. The molecule has 1 saturated heterocycles. The molecule has 15 heavy (non-hydrogen) atoms. The SMILES string of the molecule is O=C1COC[C@H]([C@@H](O)c2ccccc2)N1. The van der Waals surface area contributed by atoms with Crippen LogP contribution in [0.3, 0.4) is 0 Å². The number of ether oxygens (including phenoxy) is 1. The van der Waals surface area contributed by atoms with Crippen molar-refractivity contribution in [2.45, 2.75) is 12.1 Å². The number of aliphatic hydroxyl groups is 1. The zero-order valence-corrected chi connectivity index (χ0v) is 8.22. The fourth-order valence-electron chi connectivity index (χ4n) is 1.62. The molecule has 2 rings (SSSR count). The molecule has 0 saturated carbocycles. The molecule has 0 bridgehead atoms. The fourth-order valence-corrected chi connectivity index (χ4v) is 1.62. The number of amides is 1. The molecule has 1 fully saturated rings. The van der Waals surface area contributed by atoms with Crippen molar-refractivity contribution >= 4 is 5.91 Å². The lowest BCUT2D eigenvalue weighted by molar-refractivity contribution is -0.133. The average Bonchev–Trinajstić information content (AvgIpc) is 2.29. The molecular weight excluding hydrogens is 194 g/mol. The summed E-state index contributed by atoms with van der Waals surface area (Å²) < 4.78 is 5.06. The molecule has 1 aliphatic rings. The number of carbonyl (C=O) groups is 1. The van der Waals surface area contributed by atoms with Crippen LogP contribution in [0.15, 0.2) is 30.3 Å². The molecule has 1 aliphatic heterocycles. The van der Waals surface area contributed by atoms with Crippen LogP contribution >= 0.6 is 0 Å². The summed E-state index contributed by atoms with van der Waals surface area (Å²) in [4.78, 5) is 11.1. The van der Waals surface area contributed by atoms with E-state index in [1.165, 1.54) is 0 Å². The Morgan fingerprint density at radius 1 is 1.40 bits per heavy atom. The monoisotopic (exact) mass is 207 g/mol. The lowest BCUT2D eigenvalue weighted by Crippen LogP contribution is -2.48. The molecule has 1 aromatic rings. The number of morpholine rings is 1. The predicted octanol–water partition coefficient (Wildman–Crippen LogP) is 0.235. The van der Waals surface area contributed by atoms with Crippen molar-refractivity contribution in [1.29, 1.82) is 0 Å². The van der Waals surface area contributed by atoms with Gasteiger partial charge in [0.25, 0.3) is 0 Å². The smallest absolute Gasteiger partial charge is 0.246 e. The van der Waals surface area contributed by atoms with Crippen molar-refractivity contribution in [2.24, 2.45) is 0 Å². The highest BCUT2D eigenvalue weighted by atomic mass is 16.5. The van der Waals surface area contributed by atoms with Crippen molar-refractivity contribution in [2.75, 3.05) is 13.2 Å². The molecule has 2 atom stereocenters. The van der Waals surface area contributed by atoms with Crippen LogP contribution in [0.25, 0.3) is 0 Å². The van der Waals surface area contributed by atoms with E-state index < -0.39 is 6.10 Å². The number of hydrogen-bond acceptors (Lipinski definition) is 3. The molecule has 1 amide bonds. The van der Waals surface area contributed by atoms with Crippen molar-refractivity contribution in [3.8, 4) is 0 Å². The van der Waals surface area contributed by atoms with Crippen LogP contribution in [-0.2, 0) is 9.53 Å². The Kier molecular flexibility index (Phi) is 2.99. The fraction of sp³-hybridized carbons (Fsp3) is 0.364. The highest BCUT2D eigenvalue weighted by Gasteiger charge is 2.26. The summed E-state index contributed by atoms with van der Waals surface area (Å²) in [5.41, 5.74) is 0.785. The molecule has 2 N–H and O–H groups in total. The average molecular weight is 207 g/mol. The Morgan fingerprint density at radius 3 is 2.80 bits per heavy atom. The maximum absolute atomic E-state index is 11.1. The number of aliphatic hydroxyl groups excluding tert-OH is 1. The number of nitrogens with one attached hydrogen (secondary N) is 1. The molecule has 0 radical (unpaired) electrons. The first kappa shape index (κ1) is 10.1. The molecule has 4 heteroatoms.